The minimum absolute atomic E-state index is 0.662. The number of benzene rings is 1. The first-order valence-electron chi connectivity index (χ1n) is 6.96. The predicted octanol–water partition coefficient (Wildman–Crippen LogP) is 2.70. The van der Waals surface area contributed by atoms with E-state index in [0.717, 1.165) is 24.1 Å². The summed E-state index contributed by atoms with van der Waals surface area (Å²) in [6, 6.07) is 7.26. The van der Waals surface area contributed by atoms with Crippen molar-refractivity contribution < 1.29 is 0 Å². The number of nitrogens with one attached hydrogen (secondary N) is 1. The Bertz CT molecular complexity index is 420. The summed E-state index contributed by atoms with van der Waals surface area (Å²) in [5.74, 6) is 0. The molecule has 0 spiro atoms. The Kier molecular flexibility index (Phi) is 5.25. The van der Waals surface area contributed by atoms with Gasteiger partial charge in [-0.05, 0) is 51.7 Å². The van der Waals surface area contributed by atoms with Gasteiger partial charge in [-0.1, -0.05) is 22.0 Å². The number of hydrogen-bond acceptors (Lipinski definition) is 3. The van der Waals surface area contributed by atoms with E-state index < -0.39 is 0 Å². The molecule has 1 heterocycles. The molecule has 1 atom stereocenters. The summed E-state index contributed by atoms with van der Waals surface area (Å²) in [5.41, 5.74) is 2.75. The summed E-state index contributed by atoms with van der Waals surface area (Å²) in [4.78, 5) is 4.88. The molecule has 3 nitrogen and oxygen atoms in total. The van der Waals surface area contributed by atoms with Crippen LogP contribution in [0, 0.1) is 0 Å². The van der Waals surface area contributed by atoms with Crippen LogP contribution in [0.3, 0.4) is 0 Å². The van der Waals surface area contributed by atoms with Gasteiger partial charge in [0.05, 0.1) is 0 Å². The quantitative estimate of drug-likeness (QED) is 0.918. The van der Waals surface area contributed by atoms with E-state index in [9.17, 15) is 0 Å². The lowest BCUT2D eigenvalue weighted by Gasteiger charge is -2.38. The van der Waals surface area contributed by atoms with Gasteiger partial charge in [0, 0.05) is 35.8 Å². The van der Waals surface area contributed by atoms with Crippen molar-refractivity contribution in [3.8, 4) is 0 Å². The van der Waals surface area contributed by atoms with Gasteiger partial charge in [0.1, 0.15) is 0 Å². The van der Waals surface area contributed by atoms with Crippen molar-refractivity contribution in [1.29, 1.82) is 0 Å². The maximum Gasteiger partial charge on any atom is 0.0423 e. The average Bonchev–Trinajstić information content (AvgIpc) is 2.41. The number of rotatable bonds is 4. The standard InChI is InChI=1S/C15H24BrN3/c1-17-10-12-6-7-13(16)9-15(12)19-8-4-5-14(11-19)18(2)3/h6-7,9,14,17H,4-5,8,10-11H2,1-3H3. The number of likely N-dealkylation sites (N-methyl/N-ethyl adjacent to an activating group) is 1. The lowest BCUT2D eigenvalue weighted by Crippen LogP contribution is -2.45. The zero-order valence-electron chi connectivity index (χ0n) is 12.1. The van der Waals surface area contributed by atoms with Crippen molar-refractivity contribution in [2.75, 3.05) is 39.1 Å². The Labute approximate surface area is 125 Å². The van der Waals surface area contributed by atoms with E-state index in [4.69, 9.17) is 0 Å². The molecule has 0 bridgehead atoms. The fraction of sp³-hybridized carbons (Fsp3) is 0.600. The van der Waals surface area contributed by atoms with Crippen LogP contribution in [-0.4, -0.2) is 45.2 Å². The van der Waals surface area contributed by atoms with Gasteiger partial charge in [-0.2, -0.15) is 0 Å². The predicted molar refractivity (Wildman–Crippen MR) is 85.8 cm³/mol. The molecule has 1 aromatic carbocycles. The third-order valence-corrected chi connectivity index (χ3v) is 4.38. The van der Waals surface area contributed by atoms with Gasteiger partial charge in [-0.15, -0.1) is 0 Å². The highest BCUT2D eigenvalue weighted by Crippen LogP contribution is 2.28. The van der Waals surface area contributed by atoms with Gasteiger partial charge in [0.25, 0.3) is 0 Å². The SMILES string of the molecule is CNCc1ccc(Br)cc1N1CCCC(N(C)C)C1. The van der Waals surface area contributed by atoms with Gasteiger partial charge < -0.3 is 15.1 Å². The summed E-state index contributed by atoms with van der Waals surface area (Å²) in [6.07, 6.45) is 2.58. The van der Waals surface area contributed by atoms with E-state index in [1.807, 2.05) is 7.05 Å². The normalized spacial score (nSPS) is 20.1. The lowest BCUT2D eigenvalue weighted by atomic mass is 10.0. The van der Waals surface area contributed by atoms with E-state index in [2.05, 4.69) is 63.3 Å². The molecule has 1 saturated heterocycles. The van der Waals surface area contributed by atoms with E-state index in [1.165, 1.54) is 24.1 Å². The van der Waals surface area contributed by atoms with Crippen molar-refractivity contribution in [2.24, 2.45) is 0 Å². The second kappa shape index (κ2) is 6.73. The monoisotopic (exact) mass is 325 g/mol. The molecule has 0 aromatic heterocycles. The summed E-state index contributed by atoms with van der Waals surface area (Å²) in [5, 5.41) is 3.26. The smallest absolute Gasteiger partial charge is 0.0423 e. The average molecular weight is 326 g/mol. The van der Waals surface area contributed by atoms with Crippen LogP contribution >= 0.6 is 15.9 Å². The summed E-state index contributed by atoms with van der Waals surface area (Å²) in [7, 11) is 6.37. The highest BCUT2D eigenvalue weighted by atomic mass is 79.9. The fourth-order valence-electron chi connectivity index (χ4n) is 2.77. The Morgan fingerprint density at radius 2 is 2.21 bits per heavy atom. The van der Waals surface area contributed by atoms with Crippen molar-refractivity contribution in [1.82, 2.24) is 10.2 Å². The molecular weight excluding hydrogens is 302 g/mol. The van der Waals surface area contributed by atoms with E-state index in [-0.39, 0.29) is 0 Å². The molecule has 4 heteroatoms. The van der Waals surface area contributed by atoms with Crippen LogP contribution in [0.5, 0.6) is 0 Å². The maximum absolute atomic E-state index is 3.60. The molecule has 0 amide bonds. The van der Waals surface area contributed by atoms with Crippen LogP contribution in [0.4, 0.5) is 5.69 Å². The van der Waals surface area contributed by atoms with Crippen LogP contribution in [0.1, 0.15) is 18.4 Å². The van der Waals surface area contributed by atoms with Crippen molar-refractivity contribution in [3.63, 3.8) is 0 Å². The second-order valence-electron chi connectivity index (χ2n) is 5.51. The van der Waals surface area contributed by atoms with Crippen molar-refractivity contribution in [2.45, 2.75) is 25.4 Å². The topological polar surface area (TPSA) is 18.5 Å². The fourth-order valence-corrected chi connectivity index (χ4v) is 3.12. The van der Waals surface area contributed by atoms with Crippen LogP contribution in [-0.2, 0) is 6.54 Å². The van der Waals surface area contributed by atoms with E-state index in [0.29, 0.717) is 6.04 Å². The molecule has 19 heavy (non-hydrogen) atoms. The second-order valence-corrected chi connectivity index (χ2v) is 6.42. The largest absolute Gasteiger partial charge is 0.370 e. The van der Waals surface area contributed by atoms with Gasteiger partial charge >= 0.3 is 0 Å². The molecule has 0 radical (unpaired) electrons. The van der Waals surface area contributed by atoms with Gasteiger partial charge in [-0.3, -0.25) is 0 Å². The van der Waals surface area contributed by atoms with Crippen molar-refractivity contribution in [3.05, 3.63) is 28.2 Å². The van der Waals surface area contributed by atoms with Crippen LogP contribution in [0.15, 0.2) is 22.7 Å². The highest BCUT2D eigenvalue weighted by Gasteiger charge is 2.23. The Morgan fingerprint density at radius 1 is 1.42 bits per heavy atom. The van der Waals surface area contributed by atoms with Gasteiger partial charge in [-0.25, -0.2) is 0 Å². The molecule has 2 rings (SSSR count). The lowest BCUT2D eigenvalue weighted by molar-refractivity contribution is 0.258. The number of hydrogen-bond donors (Lipinski definition) is 1. The van der Waals surface area contributed by atoms with E-state index in [1.54, 1.807) is 0 Å². The molecule has 1 aliphatic rings. The van der Waals surface area contributed by atoms with Crippen LogP contribution in [0.2, 0.25) is 0 Å². The molecular formula is C15H24BrN3. The van der Waals surface area contributed by atoms with Crippen molar-refractivity contribution >= 4 is 21.6 Å². The molecule has 0 aliphatic carbocycles. The maximum atomic E-state index is 3.60. The first-order chi connectivity index (χ1) is 9.11. The van der Waals surface area contributed by atoms with Gasteiger partial charge in [0.15, 0.2) is 0 Å². The minimum Gasteiger partial charge on any atom is -0.370 e. The zero-order valence-corrected chi connectivity index (χ0v) is 13.7. The molecule has 0 saturated carbocycles. The molecule has 1 aromatic rings. The number of halogens is 1. The first kappa shape index (κ1) is 14.8. The highest BCUT2D eigenvalue weighted by molar-refractivity contribution is 9.10. The van der Waals surface area contributed by atoms with E-state index >= 15 is 0 Å². The first-order valence-corrected chi connectivity index (χ1v) is 7.75. The molecule has 106 valence electrons. The number of nitrogens with zero attached hydrogens (tertiary/aromatic N) is 2. The summed E-state index contributed by atoms with van der Waals surface area (Å²) < 4.78 is 1.16. The molecule has 1 N–H and O–H groups in total. The Morgan fingerprint density at radius 3 is 2.89 bits per heavy atom. The molecule has 1 aliphatic heterocycles. The third kappa shape index (κ3) is 3.71. The Balaban J connectivity index is 2.22. The molecule has 1 unspecified atom stereocenters. The summed E-state index contributed by atoms with van der Waals surface area (Å²) >= 11 is 3.60. The number of piperidine rings is 1. The third-order valence-electron chi connectivity index (χ3n) is 3.88. The Hall–Kier alpha value is -0.580. The zero-order chi connectivity index (χ0) is 13.8. The summed E-state index contributed by atoms with van der Waals surface area (Å²) in [6.45, 7) is 3.21. The molecule has 1 fully saturated rings. The minimum atomic E-state index is 0.662. The van der Waals surface area contributed by atoms with Gasteiger partial charge in [0.2, 0.25) is 0 Å². The van der Waals surface area contributed by atoms with Crippen LogP contribution < -0.4 is 10.2 Å². The number of anilines is 1. The van der Waals surface area contributed by atoms with Crippen LogP contribution in [0.25, 0.3) is 0 Å².